The van der Waals surface area contributed by atoms with Crippen molar-refractivity contribution in [2.24, 2.45) is 7.05 Å². The first-order chi connectivity index (χ1) is 12.3. The molecule has 1 aromatic carbocycles. The molecule has 0 aliphatic heterocycles. The molecule has 1 heterocycles. The predicted octanol–water partition coefficient (Wildman–Crippen LogP) is 0.526. The molecule has 0 radical (unpaired) electrons. The molecule has 0 saturated heterocycles. The van der Waals surface area contributed by atoms with Gasteiger partial charge in [-0.3, -0.25) is 23.1 Å². The maximum atomic E-state index is 14.3. The Morgan fingerprint density at radius 3 is 2.33 bits per heavy atom. The first kappa shape index (κ1) is 20.5. The van der Waals surface area contributed by atoms with Crippen molar-refractivity contribution < 1.29 is 31.1 Å². The molecule has 1 amide bonds. The van der Waals surface area contributed by atoms with Crippen LogP contribution in [0.1, 0.15) is 21.6 Å². The van der Waals surface area contributed by atoms with Crippen molar-refractivity contribution in [3.8, 4) is 5.69 Å². The van der Waals surface area contributed by atoms with Gasteiger partial charge in [0.2, 0.25) is 0 Å². The lowest BCUT2D eigenvalue weighted by Crippen LogP contribution is -2.41. The molecule has 27 heavy (non-hydrogen) atoms. The van der Waals surface area contributed by atoms with Crippen LogP contribution in [0.15, 0.2) is 27.8 Å². The van der Waals surface area contributed by atoms with Gasteiger partial charge in [-0.25, -0.2) is 13.8 Å². The highest BCUT2D eigenvalue weighted by Crippen LogP contribution is 2.27. The van der Waals surface area contributed by atoms with E-state index in [2.05, 4.69) is 0 Å². The normalized spacial score (nSPS) is 12.7. The molecule has 2 aromatic rings. The van der Waals surface area contributed by atoms with Crippen LogP contribution in [0.4, 0.5) is 17.6 Å². The van der Waals surface area contributed by atoms with Crippen LogP contribution in [0, 0.1) is 12.7 Å². The summed E-state index contributed by atoms with van der Waals surface area (Å²) in [6.07, 6.45) is -5.00. The van der Waals surface area contributed by atoms with E-state index in [0.29, 0.717) is 6.07 Å². The summed E-state index contributed by atoms with van der Waals surface area (Å²) in [6, 6.07) is 1.54. The fourth-order valence-electron chi connectivity index (χ4n) is 2.33. The van der Waals surface area contributed by atoms with Crippen molar-refractivity contribution in [1.29, 1.82) is 0 Å². The van der Waals surface area contributed by atoms with Gasteiger partial charge in [-0.2, -0.15) is 13.2 Å². The highest BCUT2D eigenvalue weighted by molar-refractivity contribution is 7.77. The van der Waals surface area contributed by atoms with E-state index in [4.69, 9.17) is 0 Å². The lowest BCUT2D eigenvalue weighted by Gasteiger charge is -2.16. The van der Waals surface area contributed by atoms with E-state index in [0.717, 1.165) is 13.1 Å². The van der Waals surface area contributed by atoms with Gasteiger partial charge >= 0.3 is 11.9 Å². The number of rotatable bonds is 3. The molecule has 1 N–H and O–H groups in total. The van der Waals surface area contributed by atoms with Crippen molar-refractivity contribution in [3.05, 3.63) is 61.7 Å². The van der Waals surface area contributed by atoms with E-state index >= 15 is 0 Å². The number of aryl methyl sites for hydroxylation is 1. The minimum atomic E-state index is -5.00. The van der Waals surface area contributed by atoms with Crippen LogP contribution < -0.4 is 16.0 Å². The third-order valence-corrected chi connectivity index (χ3v) is 3.92. The van der Waals surface area contributed by atoms with Gasteiger partial charge in [-0.15, -0.1) is 0 Å². The number of benzene rings is 1. The zero-order valence-corrected chi connectivity index (χ0v) is 14.4. The van der Waals surface area contributed by atoms with E-state index in [-0.39, 0.29) is 20.8 Å². The van der Waals surface area contributed by atoms with Gasteiger partial charge in [0, 0.05) is 29.9 Å². The summed E-state index contributed by atoms with van der Waals surface area (Å²) in [5.74, 6) is -2.36. The van der Waals surface area contributed by atoms with Gasteiger partial charge in [0.05, 0.1) is 5.69 Å². The van der Waals surface area contributed by atoms with E-state index in [1.54, 1.807) is 0 Å². The summed E-state index contributed by atoms with van der Waals surface area (Å²) in [4.78, 5) is 36.1. The molecule has 1 aromatic heterocycles. The third-order valence-electron chi connectivity index (χ3n) is 3.57. The molecule has 0 spiro atoms. The van der Waals surface area contributed by atoms with Crippen molar-refractivity contribution in [3.63, 3.8) is 0 Å². The van der Waals surface area contributed by atoms with Crippen LogP contribution >= 0.6 is 0 Å². The number of carbonyl (C=O) groups is 1. The van der Waals surface area contributed by atoms with Gasteiger partial charge < -0.3 is 4.55 Å². The Morgan fingerprint density at radius 1 is 1.22 bits per heavy atom. The van der Waals surface area contributed by atoms with E-state index in [9.17, 15) is 40.7 Å². The van der Waals surface area contributed by atoms with Crippen LogP contribution in [-0.4, -0.2) is 23.8 Å². The Hall–Kier alpha value is -2.80. The summed E-state index contributed by atoms with van der Waals surface area (Å²) in [5, 5.41) is 0. The summed E-state index contributed by atoms with van der Waals surface area (Å²) in [6.45, 7) is 1.25. The van der Waals surface area contributed by atoms with Gasteiger partial charge in [-0.1, -0.05) is 0 Å². The van der Waals surface area contributed by atoms with Crippen LogP contribution in [0.25, 0.3) is 5.69 Å². The smallest absolute Gasteiger partial charge is 0.431 e. The highest BCUT2D eigenvalue weighted by Gasteiger charge is 2.35. The van der Waals surface area contributed by atoms with Gasteiger partial charge in [0.15, 0.2) is 0 Å². The number of aromatic nitrogens is 2. The Labute approximate surface area is 150 Å². The van der Waals surface area contributed by atoms with Crippen molar-refractivity contribution in [1.82, 2.24) is 13.9 Å². The van der Waals surface area contributed by atoms with Crippen LogP contribution in [0.2, 0.25) is 0 Å². The minimum Gasteiger partial charge on any atom is -0.755 e. The summed E-state index contributed by atoms with van der Waals surface area (Å²) >= 11 is -2.99. The van der Waals surface area contributed by atoms with E-state index in [1.165, 1.54) is 11.6 Å². The second-order valence-corrected chi connectivity index (χ2v) is 6.00. The molecule has 0 bridgehead atoms. The second kappa shape index (κ2) is 7.08. The van der Waals surface area contributed by atoms with Crippen molar-refractivity contribution in [2.75, 3.05) is 0 Å². The van der Waals surface area contributed by atoms with Crippen molar-refractivity contribution >= 4 is 17.2 Å². The second-order valence-electron chi connectivity index (χ2n) is 5.33. The first-order valence-electron chi connectivity index (χ1n) is 6.95. The largest absolute Gasteiger partial charge is 0.755 e. The molecule has 1 atom stereocenters. The molecule has 146 valence electrons. The fourth-order valence-corrected chi connectivity index (χ4v) is 2.59. The predicted molar refractivity (Wildman–Crippen MR) is 83.4 cm³/mol. The van der Waals surface area contributed by atoms with Gasteiger partial charge in [0.1, 0.15) is 11.5 Å². The van der Waals surface area contributed by atoms with Gasteiger partial charge in [-0.05, 0) is 24.6 Å². The molecular formula is C14H10F4N3O5S-. The molecule has 0 aliphatic rings. The zero-order valence-electron chi connectivity index (χ0n) is 13.6. The van der Waals surface area contributed by atoms with E-state index in [1.807, 2.05) is 0 Å². The average molecular weight is 408 g/mol. The number of hydrogen-bond acceptors (Lipinski definition) is 5. The quantitative estimate of drug-likeness (QED) is 0.588. The number of hydrogen-bond donors (Lipinski definition) is 1. The Bertz CT molecular complexity index is 1070. The first-order valence-corrected chi connectivity index (χ1v) is 8.03. The third kappa shape index (κ3) is 3.98. The number of nitrogens with zero attached hydrogens (tertiary/aromatic N) is 2. The molecule has 2 rings (SSSR count). The molecule has 8 nitrogen and oxygen atoms in total. The van der Waals surface area contributed by atoms with Gasteiger partial charge in [0.25, 0.3) is 11.5 Å². The summed E-state index contributed by atoms with van der Waals surface area (Å²) in [7, 11) is 0.737. The molecule has 1 unspecified atom stereocenters. The maximum Gasteiger partial charge on any atom is 0.431 e. The molecule has 13 heteroatoms. The zero-order chi connectivity index (χ0) is 20.7. The van der Waals surface area contributed by atoms with Crippen LogP contribution in [-0.2, 0) is 24.5 Å². The SMILES string of the molecule is Cc1cc(F)c(-n2c(=O)cc(C(F)(F)F)n(C)c2=O)cc1C(=O)NS(=O)[O-]. The number of amides is 1. The topological polar surface area (TPSA) is 113 Å². The number of alkyl halides is 3. The molecular weight excluding hydrogens is 398 g/mol. The molecule has 0 fully saturated rings. The van der Waals surface area contributed by atoms with Crippen molar-refractivity contribution in [2.45, 2.75) is 13.1 Å². The highest BCUT2D eigenvalue weighted by atomic mass is 32.2. The summed E-state index contributed by atoms with van der Waals surface area (Å²) in [5.41, 5.74) is -5.76. The standard InChI is InChI=1S/C14H11F4N3O5S/c1-6-3-8(15)9(4-7(6)12(23)19-27(25)26)21-11(22)5-10(14(16,17)18)20(2)13(21)24/h3-5H,1-2H3,(H,19,23)(H,25,26)/p-1. The monoisotopic (exact) mass is 408 g/mol. The van der Waals surface area contributed by atoms with Crippen LogP contribution in [0.5, 0.6) is 0 Å². The molecule has 0 saturated carbocycles. The number of halogens is 4. The lowest BCUT2D eigenvalue weighted by atomic mass is 10.1. The lowest BCUT2D eigenvalue weighted by molar-refractivity contribution is -0.144. The summed E-state index contributed by atoms with van der Waals surface area (Å²) < 4.78 is 75.8. The molecule has 0 aliphatic carbocycles. The maximum absolute atomic E-state index is 14.3. The Kier molecular flexibility index (Phi) is 5.37. The minimum absolute atomic E-state index is 0.0315. The fraction of sp³-hybridized carbons (Fsp3) is 0.214. The number of nitrogens with one attached hydrogen (secondary N) is 1. The van der Waals surface area contributed by atoms with E-state index < -0.39 is 57.4 Å². The number of carbonyl (C=O) groups excluding carboxylic acids is 1. The Morgan fingerprint density at radius 2 is 1.81 bits per heavy atom. The van der Waals surface area contributed by atoms with Crippen LogP contribution in [0.3, 0.4) is 0 Å². The average Bonchev–Trinajstić information content (AvgIpc) is 2.50. The Balaban J connectivity index is 2.78.